The average Bonchev–Trinajstić information content (AvgIpc) is 2.65. The summed E-state index contributed by atoms with van der Waals surface area (Å²) in [5, 5.41) is 9.05. The summed E-state index contributed by atoms with van der Waals surface area (Å²) in [5.74, 6) is -0.411. The van der Waals surface area contributed by atoms with Gasteiger partial charge in [-0.05, 0) is 43.2 Å². The summed E-state index contributed by atoms with van der Waals surface area (Å²) in [6, 6.07) is 8.84. The van der Waals surface area contributed by atoms with Gasteiger partial charge < -0.3 is 14.7 Å². The van der Waals surface area contributed by atoms with Gasteiger partial charge in [0, 0.05) is 32.1 Å². The molecule has 2 aromatic rings. The minimum absolute atomic E-state index is 0.0662. The van der Waals surface area contributed by atoms with Crippen LogP contribution >= 0.6 is 0 Å². The topological polar surface area (TPSA) is 79.7 Å². The molecule has 1 fully saturated rings. The lowest BCUT2D eigenvalue weighted by Gasteiger charge is -2.32. The van der Waals surface area contributed by atoms with E-state index in [4.69, 9.17) is 9.84 Å². The van der Waals surface area contributed by atoms with Crippen molar-refractivity contribution >= 4 is 11.9 Å². The standard InChI is InChI=1S/C20H22N2O4/c1-13-3-4-14(2)18(11-13)26-16-6-9-22(10-7-16)19(23)17-12-15(20(24)25)5-8-21-17/h3-5,8,11-12,16H,6-7,9-10H2,1-2H3,(H,24,25). The molecule has 1 N–H and O–H groups in total. The lowest BCUT2D eigenvalue weighted by Crippen LogP contribution is -2.42. The van der Waals surface area contributed by atoms with E-state index in [1.165, 1.54) is 18.3 Å². The van der Waals surface area contributed by atoms with Crippen LogP contribution in [-0.4, -0.2) is 46.1 Å². The Kier molecular flexibility index (Phi) is 5.21. The van der Waals surface area contributed by atoms with Gasteiger partial charge in [-0.15, -0.1) is 0 Å². The second-order valence-corrected chi connectivity index (χ2v) is 6.61. The molecule has 0 spiro atoms. The molecular formula is C20H22N2O4. The Hall–Kier alpha value is -2.89. The van der Waals surface area contributed by atoms with Gasteiger partial charge in [0.25, 0.3) is 5.91 Å². The number of benzene rings is 1. The number of piperidine rings is 1. The zero-order chi connectivity index (χ0) is 18.7. The van der Waals surface area contributed by atoms with Crippen LogP contribution in [0.5, 0.6) is 5.75 Å². The van der Waals surface area contributed by atoms with Gasteiger partial charge in [0.1, 0.15) is 17.5 Å². The highest BCUT2D eigenvalue weighted by molar-refractivity contribution is 5.95. The Labute approximate surface area is 152 Å². The minimum atomic E-state index is -1.07. The molecule has 1 aliphatic heterocycles. The second-order valence-electron chi connectivity index (χ2n) is 6.61. The van der Waals surface area contributed by atoms with Crippen molar-refractivity contribution < 1.29 is 19.4 Å². The van der Waals surface area contributed by atoms with Gasteiger partial charge in [-0.1, -0.05) is 12.1 Å². The molecular weight excluding hydrogens is 332 g/mol. The number of carboxylic acids is 1. The van der Waals surface area contributed by atoms with Gasteiger partial charge in [0.2, 0.25) is 0 Å². The Morgan fingerprint density at radius 1 is 1.15 bits per heavy atom. The highest BCUT2D eigenvalue weighted by atomic mass is 16.5. The quantitative estimate of drug-likeness (QED) is 0.913. The van der Waals surface area contributed by atoms with E-state index in [0.29, 0.717) is 13.1 Å². The van der Waals surface area contributed by atoms with Crippen LogP contribution < -0.4 is 4.74 Å². The third-order valence-electron chi connectivity index (χ3n) is 4.59. The second kappa shape index (κ2) is 7.56. The summed E-state index contributed by atoms with van der Waals surface area (Å²) in [7, 11) is 0. The smallest absolute Gasteiger partial charge is 0.335 e. The minimum Gasteiger partial charge on any atom is -0.490 e. The number of likely N-dealkylation sites (tertiary alicyclic amines) is 1. The first kappa shape index (κ1) is 17.9. The maximum Gasteiger partial charge on any atom is 0.335 e. The van der Waals surface area contributed by atoms with Crippen LogP contribution in [0.1, 0.15) is 44.8 Å². The first-order valence-electron chi connectivity index (χ1n) is 8.66. The van der Waals surface area contributed by atoms with Crippen molar-refractivity contribution in [1.29, 1.82) is 0 Å². The van der Waals surface area contributed by atoms with Crippen LogP contribution in [0.4, 0.5) is 0 Å². The Morgan fingerprint density at radius 3 is 2.58 bits per heavy atom. The molecule has 0 bridgehead atoms. The molecule has 1 aromatic carbocycles. The van der Waals surface area contributed by atoms with Gasteiger partial charge in [0.05, 0.1) is 5.56 Å². The number of rotatable bonds is 4. The summed E-state index contributed by atoms with van der Waals surface area (Å²) in [5.41, 5.74) is 2.49. The lowest BCUT2D eigenvalue weighted by atomic mass is 10.1. The molecule has 0 unspecified atom stereocenters. The van der Waals surface area contributed by atoms with E-state index < -0.39 is 5.97 Å². The number of carbonyl (C=O) groups excluding carboxylic acids is 1. The van der Waals surface area contributed by atoms with E-state index in [1.54, 1.807) is 4.90 Å². The molecule has 3 rings (SSSR count). The zero-order valence-electron chi connectivity index (χ0n) is 14.9. The average molecular weight is 354 g/mol. The Balaban J connectivity index is 1.61. The lowest BCUT2D eigenvalue weighted by molar-refractivity contribution is 0.0589. The van der Waals surface area contributed by atoms with E-state index in [1.807, 2.05) is 26.0 Å². The van der Waals surface area contributed by atoms with Crippen molar-refractivity contribution in [2.75, 3.05) is 13.1 Å². The molecule has 0 radical (unpaired) electrons. The number of hydrogen-bond donors (Lipinski definition) is 1. The van der Waals surface area contributed by atoms with E-state index in [0.717, 1.165) is 29.7 Å². The van der Waals surface area contributed by atoms with Crippen LogP contribution in [0.2, 0.25) is 0 Å². The predicted octanol–water partition coefficient (Wildman–Crippen LogP) is 3.08. The SMILES string of the molecule is Cc1ccc(C)c(OC2CCN(C(=O)c3cc(C(=O)O)ccn3)CC2)c1. The molecule has 6 nitrogen and oxygen atoms in total. The number of aromatic nitrogens is 1. The largest absolute Gasteiger partial charge is 0.490 e. The molecule has 0 aliphatic carbocycles. The summed E-state index contributed by atoms with van der Waals surface area (Å²) in [6.07, 6.45) is 2.89. The Morgan fingerprint density at radius 2 is 1.88 bits per heavy atom. The molecule has 26 heavy (non-hydrogen) atoms. The van der Waals surface area contributed by atoms with Crippen molar-refractivity contribution in [2.45, 2.75) is 32.8 Å². The number of pyridine rings is 1. The summed E-state index contributed by atoms with van der Waals surface area (Å²) < 4.78 is 6.12. The van der Waals surface area contributed by atoms with Crippen molar-refractivity contribution in [3.8, 4) is 5.75 Å². The number of aryl methyl sites for hydroxylation is 2. The third-order valence-corrected chi connectivity index (χ3v) is 4.59. The maximum atomic E-state index is 12.6. The first-order valence-corrected chi connectivity index (χ1v) is 8.66. The summed E-state index contributed by atoms with van der Waals surface area (Å²) >= 11 is 0. The highest BCUT2D eigenvalue weighted by Gasteiger charge is 2.26. The van der Waals surface area contributed by atoms with Crippen LogP contribution in [-0.2, 0) is 0 Å². The third kappa shape index (κ3) is 4.02. The van der Waals surface area contributed by atoms with E-state index in [-0.39, 0.29) is 23.3 Å². The molecule has 0 atom stereocenters. The predicted molar refractivity (Wildman–Crippen MR) is 96.7 cm³/mol. The van der Waals surface area contributed by atoms with Crippen molar-refractivity contribution in [3.05, 3.63) is 58.9 Å². The van der Waals surface area contributed by atoms with Crippen LogP contribution in [0, 0.1) is 13.8 Å². The van der Waals surface area contributed by atoms with Crippen LogP contribution in [0.15, 0.2) is 36.5 Å². The fourth-order valence-electron chi connectivity index (χ4n) is 3.03. The van der Waals surface area contributed by atoms with Crippen LogP contribution in [0.3, 0.4) is 0 Å². The van der Waals surface area contributed by atoms with Crippen LogP contribution in [0.25, 0.3) is 0 Å². The van der Waals surface area contributed by atoms with Crippen molar-refractivity contribution in [3.63, 3.8) is 0 Å². The molecule has 0 saturated carbocycles. The Bertz CT molecular complexity index is 826. The number of carbonyl (C=O) groups is 2. The molecule has 1 aliphatic rings. The monoisotopic (exact) mass is 354 g/mol. The van der Waals surface area contributed by atoms with Gasteiger partial charge in [-0.3, -0.25) is 9.78 Å². The molecule has 1 amide bonds. The van der Waals surface area contributed by atoms with E-state index in [9.17, 15) is 9.59 Å². The van der Waals surface area contributed by atoms with Crippen molar-refractivity contribution in [2.24, 2.45) is 0 Å². The molecule has 2 heterocycles. The normalized spacial score (nSPS) is 14.9. The molecule has 136 valence electrons. The van der Waals surface area contributed by atoms with Crippen molar-refractivity contribution in [1.82, 2.24) is 9.88 Å². The molecule has 1 aromatic heterocycles. The number of nitrogens with zero attached hydrogens (tertiary/aromatic N) is 2. The zero-order valence-corrected chi connectivity index (χ0v) is 14.9. The van der Waals surface area contributed by atoms with Gasteiger partial charge >= 0.3 is 5.97 Å². The number of carboxylic acid groups (broad SMARTS) is 1. The van der Waals surface area contributed by atoms with E-state index >= 15 is 0 Å². The number of ether oxygens (including phenoxy) is 1. The first-order chi connectivity index (χ1) is 12.4. The fraction of sp³-hybridized carbons (Fsp3) is 0.350. The van der Waals surface area contributed by atoms with Gasteiger partial charge in [0.15, 0.2) is 0 Å². The highest BCUT2D eigenvalue weighted by Crippen LogP contribution is 2.24. The molecule has 6 heteroatoms. The van der Waals surface area contributed by atoms with E-state index in [2.05, 4.69) is 11.1 Å². The summed E-state index contributed by atoms with van der Waals surface area (Å²) in [4.78, 5) is 29.3. The maximum absolute atomic E-state index is 12.6. The number of hydrogen-bond acceptors (Lipinski definition) is 4. The number of aromatic carboxylic acids is 1. The summed E-state index contributed by atoms with van der Waals surface area (Å²) in [6.45, 7) is 5.18. The number of amides is 1. The van der Waals surface area contributed by atoms with Gasteiger partial charge in [-0.25, -0.2) is 4.79 Å². The molecule has 1 saturated heterocycles. The fourth-order valence-corrected chi connectivity index (χ4v) is 3.03. The van der Waals surface area contributed by atoms with Gasteiger partial charge in [-0.2, -0.15) is 0 Å².